The van der Waals surface area contributed by atoms with E-state index in [1.165, 1.54) is 11.0 Å². The molecule has 0 radical (unpaired) electrons. The Kier molecular flexibility index (Phi) is 7.04. The van der Waals surface area contributed by atoms with E-state index in [1.807, 2.05) is 18.2 Å². The first-order valence-electron chi connectivity index (χ1n) is 12.2. The molecule has 8 nitrogen and oxygen atoms in total. The molecule has 2 aliphatic heterocycles. The second-order valence-corrected chi connectivity index (χ2v) is 9.30. The summed E-state index contributed by atoms with van der Waals surface area (Å²) in [4.78, 5) is 28.3. The van der Waals surface area contributed by atoms with Crippen LogP contribution in [0, 0.1) is 11.7 Å². The molecule has 3 N–H and O–H groups in total. The number of nitrogens with one attached hydrogen (secondary N) is 1. The van der Waals surface area contributed by atoms with Crippen molar-refractivity contribution in [3.63, 3.8) is 0 Å². The molecule has 5 atom stereocenters. The maximum Gasteiger partial charge on any atom is 0.247 e. The molecule has 190 valence electrons. The minimum atomic E-state index is -1.17. The average molecular weight is 497 g/mol. The lowest BCUT2D eigenvalue weighted by Crippen LogP contribution is -2.56. The Bertz CT molecular complexity index is 1160. The molecule has 0 aromatic heterocycles. The molecule has 36 heavy (non-hydrogen) atoms. The number of benzene rings is 2. The Labute approximate surface area is 208 Å². The molecule has 0 bridgehead atoms. The lowest BCUT2D eigenvalue weighted by atomic mass is 9.77. The minimum Gasteiger partial charge on any atom is -0.486 e. The van der Waals surface area contributed by atoms with Crippen LogP contribution in [0.5, 0.6) is 5.75 Å². The fourth-order valence-corrected chi connectivity index (χ4v) is 5.30. The van der Waals surface area contributed by atoms with Crippen LogP contribution in [-0.4, -0.2) is 71.5 Å². The number of carbonyl (C=O) groups is 2. The standard InChI is InChI=1S/C27H29FN2O6/c28-20-7-3-1-5-16(20)14-30(27(34)17-9-12-35-15-17)21-13-19(26(33)29-10-11-31)23-18-6-2-4-8-22(18)36-25(23)24(21)32/h1-8,13,17,21,23-25,31-32H,9-12,14-15H2,(H,29,33). The zero-order valence-corrected chi connectivity index (χ0v) is 19.7. The van der Waals surface area contributed by atoms with Gasteiger partial charge in [-0.2, -0.15) is 0 Å². The summed E-state index contributed by atoms with van der Waals surface area (Å²) in [5.41, 5.74) is 1.40. The monoisotopic (exact) mass is 496 g/mol. The van der Waals surface area contributed by atoms with E-state index < -0.39 is 41.8 Å². The summed E-state index contributed by atoms with van der Waals surface area (Å²) in [5, 5.41) is 23.4. The van der Waals surface area contributed by atoms with E-state index in [-0.39, 0.29) is 32.2 Å². The number of aliphatic hydroxyl groups is 2. The van der Waals surface area contributed by atoms with Gasteiger partial charge in [0.1, 0.15) is 23.8 Å². The average Bonchev–Trinajstić information content (AvgIpc) is 3.56. The predicted molar refractivity (Wildman–Crippen MR) is 127 cm³/mol. The van der Waals surface area contributed by atoms with Gasteiger partial charge in [-0.3, -0.25) is 9.59 Å². The topological polar surface area (TPSA) is 108 Å². The third-order valence-corrected chi connectivity index (χ3v) is 7.10. The lowest BCUT2D eigenvalue weighted by Gasteiger charge is -2.41. The number of aliphatic hydroxyl groups excluding tert-OH is 2. The molecule has 5 unspecified atom stereocenters. The summed E-state index contributed by atoms with van der Waals surface area (Å²) >= 11 is 0. The normalized spacial score (nSPS) is 26.4. The minimum absolute atomic E-state index is 0.0561. The molecule has 2 aromatic rings. The molecule has 9 heteroatoms. The summed E-state index contributed by atoms with van der Waals surface area (Å²) in [6.07, 6.45) is 0.132. The first-order valence-corrected chi connectivity index (χ1v) is 12.2. The van der Waals surface area contributed by atoms with Crippen LogP contribution >= 0.6 is 0 Å². The predicted octanol–water partition coefficient (Wildman–Crippen LogP) is 1.51. The van der Waals surface area contributed by atoms with E-state index in [9.17, 15) is 24.2 Å². The summed E-state index contributed by atoms with van der Waals surface area (Å²) < 4.78 is 26.2. The van der Waals surface area contributed by atoms with Gasteiger partial charge in [-0.1, -0.05) is 36.4 Å². The molecule has 1 fully saturated rings. The second-order valence-electron chi connectivity index (χ2n) is 9.30. The SMILES string of the molecule is O=C(NCCO)C1=CC(N(Cc2ccccc2F)C(=O)C2CCOC2)C(O)C2Oc3ccccc3C12. The number of fused-ring (bicyclic) bond motifs is 3. The number of carbonyl (C=O) groups excluding carboxylic acids is 2. The largest absolute Gasteiger partial charge is 0.486 e. The van der Waals surface area contributed by atoms with E-state index in [0.29, 0.717) is 29.9 Å². The zero-order chi connectivity index (χ0) is 25.2. The van der Waals surface area contributed by atoms with Crippen LogP contribution in [0.15, 0.2) is 60.2 Å². The molecule has 2 heterocycles. The molecule has 1 saturated heterocycles. The zero-order valence-electron chi connectivity index (χ0n) is 19.7. The van der Waals surface area contributed by atoms with Crippen molar-refractivity contribution in [1.82, 2.24) is 10.2 Å². The van der Waals surface area contributed by atoms with Gasteiger partial charge in [0, 0.05) is 36.4 Å². The van der Waals surface area contributed by atoms with Gasteiger partial charge in [0.2, 0.25) is 11.8 Å². The fraction of sp³-hybridized carbons (Fsp3) is 0.407. The molecule has 2 amide bonds. The highest BCUT2D eigenvalue weighted by molar-refractivity contribution is 5.96. The lowest BCUT2D eigenvalue weighted by molar-refractivity contribution is -0.142. The highest BCUT2D eigenvalue weighted by Crippen LogP contribution is 2.47. The molecule has 0 spiro atoms. The van der Waals surface area contributed by atoms with Crippen molar-refractivity contribution >= 4 is 11.8 Å². The van der Waals surface area contributed by atoms with Crippen LogP contribution in [0.4, 0.5) is 4.39 Å². The molecular formula is C27H29FN2O6. The number of hydrogen-bond acceptors (Lipinski definition) is 6. The smallest absolute Gasteiger partial charge is 0.247 e. The first kappa shape index (κ1) is 24.4. The molecule has 3 aliphatic rings. The Morgan fingerprint density at radius 3 is 2.67 bits per heavy atom. The van der Waals surface area contributed by atoms with Crippen molar-refractivity contribution in [3.05, 3.63) is 77.1 Å². The Hall–Kier alpha value is -3.27. The molecular weight excluding hydrogens is 467 g/mol. The van der Waals surface area contributed by atoms with Crippen molar-refractivity contribution in [2.45, 2.75) is 37.1 Å². The number of para-hydroxylation sites is 1. The van der Waals surface area contributed by atoms with Gasteiger partial charge in [0.05, 0.1) is 31.1 Å². The van der Waals surface area contributed by atoms with Crippen LogP contribution in [0.3, 0.4) is 0 Å². The van der Waals surface area contributed by atoms with Crippen LogP contribution in [0.2, 0.25) is 0 Å². The van der Waals surface area contributed by atoms with Gasteiger partial charge in [-0.25, -0.2) is 4.39 Å². The van der Waals surface area contributed by atoms with E-state index in [1.54, 1.807) is 30.3 Å². The quantitative estimate of drug-likeness (QED) is 0.537. The Morgan fingerprint density at radius 2 is 1.92 bits per heavy atom. The van der Waals surface area contributed by atoms with Crippen LogP contribution in [0.25, 0.3) is 0 Å². The highest BCUT2D eigenvalue weighted by Gasteiger charge is 2.51. The number of rotatable bonds is 7. The van der Waals surface area contributed by atoms with Crippen LogP contribution < -0.4 is 10.1 Å². The van der Waals surface area contributed by atoms with E-state index in [2.05, 4.69) is 5.32 Å². The van der Waals surface area contributed by atoms with Crippen LogP contribution in [0.1, 0.15) is 23.5 Å². The second kappa shape index (κ2) is 10.4. The number of ether oxygens (including phenoxy) is 2. The number of halogens is 1. The van der Waals surface area contributed by atoms with E-state index in [0.717, 1.165) is 5.56 Å². The Morgan fingerprint density at radius 1 is 1.14 bits per heavy atom. The molecule has 0 saturated carbocycles. The van der Waals surface area contributed by atoms with Gasteiger partial charge in [0.25, 0.3) is 0 Å². The highest BCUT2D eigenvalue weighted by atomic mass is 19.1. The fourth-order valence-electron chi connectivity index (χ4n) is 5.30. The van der Waals surface area contributed by atoms with Crippen molar-refractivity contribution < 1.29 is 33.7 Å². The number of amides is 2. The van der Waals surface area contributed by atoms with Crippen molar-refractivity contribution in [2.75, 3.05) is 26.4 Å². The summed E-state index contributed by atoms with van der Waals surface area (Å²) in [6, 6.07) is 12.5. The third-order valence-electron chi connectivity index (χ3n) is 7.10. The van der Waals surface area contributed by atoms with Gasteiger partial charge < -0.3 is 29.9 Å². The van der Waals surface area contributed by atoms with E-state index in [4.69, 9.17) is 9.47 Å². The van der Waals surface area contributed by atoms with Gasteiger partial charge >= 0.3 is 0 Å². The van der Waals surface area contributed by atoms with Crippen molar-refractivity contribution in [1.29, 1.82) is 0 Å². The number of nitrogens with zero attached hydrogens (tertiary/aromatic N) is 1. The number of hydrogen-bond donors (Lipinski definition) is 3. The maximum atomic E-state index is 14.6. The summed E-state index contributed by atoms with van der Waals surface area (Å²) in [6.45, 7) is 0.435. The Balaban J connectivity index is 1.56. The molecule has 2 aromatic carbocycles. The van der Waals surface area contributed by atoms with Gasteiger partial charge in [-0.05, 0) is 24.6 Å². The van der Waals surface area contributed by atoms with E-state index >= 15 is 0 Å². The molecule has 5 rings (SSSR count). The molecule has 1 aliphatic carbocycles. The van der Waals surface area contributed by atoms with Gasteiger partial charge in [0.15, 0.2) is 0 Å². The first-order chi connectivity index (χ1) is 17.5. The summed E-state index contributed by atoms with van der Waals surface area (Å²) in [7, 11) is 0. The van der Waals surface area contributed by atoms with Crippen molar-refractivity contribution in [2.24, 2.45) is 5.92 Å². The van der Waals surface area contributed by atoms with Crippen LogP contribution in [-0.2, 0) is 20.9 Å². The maximum absolute atomic E-state index is 14.6. The van der Waals surface area contributed by atoms with Crippen molar-refractivity contribution in [3.8, 4) is 5.75 Å². The summed E-state index contributed by atoms with van der Waals surface area (Å²) in [5.74, 6) is -1.58. The van der Waals surface area contributed by atoms with Gasteiger partial charge in [-0.15, -0.1) is 0 Å². The third kappa shape index (κ3) is 4.50.